The van der Waals surface area contributed by atoms with Crippen LogP contribution in [0.5, 0.6) is 0 Å². The Morgan fingerprint density at radius 3 is 2.64 bits per heavy atom. The summed E-state index contributed by atoms with van der Waals surface area (Å²) in [5.74, 6) is -0.165. The molecule has 0 fully saturated rings. The standard InChI is InChI=1S/C11H21NO2/c1-4-9(2)8-10(3)12-7-5-6-11(13)14/h5-6,9-10,12H,4,7-8H2,1-3H3,(H,13,14)/b6-5+. The van der Waals surface area contributed by atoms with E-state index in [1.807, 2.05) is 0 Å². The molecule has 3 nitrogen and oxygen atoms in total. The molecule has 0 heterocycles. The number of carboxylic acid groups (broad SMARTS) is 1. The zero-order valence-electron chi connectivity index (χ0n) is 9.29. The number of carboxylic acids is 1. The fourth-order valence-corrected chi connectivity index (χ4v) is 1.28. The summed E-state index contributed by atoms with van der Waals surface area (Å²) in [7, 11) is 0. The normalized spacial score (nSPS) is 15.6. The Morgan fingerprint density at radius 1 is 1.50 bits per heavy atom. The molecule has 0 aliphatic carbocycles. The van der Waals surface area contributed by atoms with Gasteiger partial charge >= 0.3 is 5.97 Å². The lowest BCUT2D eigenvalue weighted by Gasteiger charge is -2.16. The quantitative estimate of drug-likeness (QED) is 0.617. The maximum absolute atomic E-state index is 10.2. The average Bonchev–Trinajstić information content (AvgIpc) is 2.12. The maximum Gasteiger partial charge on any atom is 0.328 e. The first-order valence-electron chi connectivity index (χ1n) is 5.19. The van der Waals surface area contributed by atoms with Gasteiger partial charge in [0.05, 0.1) is 0 Å². The molecule has 2 unspecified atom stereocenters. The molecular formula is C11H21NO2. The molecular weight excluding hydrogens is 178 g/mol. The number of nitrogens with one attached hydrogen (secondary N) is 1. The van der Waals surface area contributed by atoms with Gasteiger partial charge in [0.25, 0.3) is 0 Å². The molecule has 0 aromatic rings. The first-order valence-corrected chi connectivity index (χ1v) is 5.19. The number of hydrogen-bond acceptors (Lipinski definition) is 2. The highest BCUT2D eigenvalue weighted by atomic mass is 16.4. The van der Waals surface area contributed by atoms with Crippen molar-refractivity contribution in [2.24, 2.45) is 5.92 Å². The zero-order chi connectivity index (χ0) is 11.0. The summed E-state index contributed by atoms with van der Waals surface area (Å²) in [6, 6.07) is 0.448. The van der Waals surface area contributed by atoms with Crippen LogP contribution < -0.4 is 5.32 Å². The largest absolute Gasteiger partial charge is 0.478 e. The van der Waals surface area contributed by atoms with E-state index in [1.165, 1.54) is 12.5 Å². The van der Waals surface area contributed by atoms with Crippen molar-refractivity contribution in [1.82, 2.24) is 5.32 Å². The van der Waals surface area contributed by atoms with E-state index in [0.29, 0.717) is 12.6 Å². The van der Waals surface area contributed by atoms with Gasteiger partial charge in [-0.3, -0.25) is 0 Å². The van der Waals surface area contributed by atoms with Crippen LogP contribution in [0.1, 0.15) is 33.6 Å². The smallest absolute Gasteiger partial charge is 0.328 e. The number of rotatable bonds is 7. The van der Waals surface area contributed by atoms with Crippen LogP contribution in [-0.4, -0.2) is 23.7 Å². The van der Waals surface area contributed by atoms with Crippen LogP contribution >= 0.6 is 0 Å². The van der Waals surface area contributed by atoms with Gasteiger partial charge in [0.2, 0.25) is 0 Å². The summed E-state index contributed by atoms with van der Waals surface area (Å²) in [6.07, 6.45) is 5.13. The maximum atomic E-state index is 10.2. The van der Waals surface area contributed by atoms with Crippen molar-refractivity contribution in [3.8, 4) is 0 Å². The molecule has 0 aromatic carbocycles. The minimum atomic E-state index is -0.888. The van der Waals surface area contributed by atoms with Gasteiger partial charge in [0.15, 0.2) is 0 Å². The molecule has 2 atom stereocenters. The van der Waals surface area contributed by atoms with Crippen LogP contribution in [0.15, 0.2) is 12.2 Å². The lowest BCUT2D eigenvalue weighted by molar-refractivity contribution is -0.131. The van der Waals surface area contributed by atoms with Gasteiger partial charge in [0, 0.05) is 18.7 Å². The molecule has 0 saturated heterocycles. The van der Waals surface area contributed by atoms with Crippen molar-refractivity contribution in [3.63, 3.8) is 0 Å². The van der Waals surface area contributed by atoms with Gasteiger partial charge in [-0.05, 0) is 19.3 Å². The van der Waals surface area contributed by atoms with E-state index in [9.17, 15) is 4.79 Å². The number of hydrogen-bond donors (Lipinski definition) is 2. The average molecular weight is 199 g/mol. The van der Waals surface area contributed by atoms with E-state index in [-0.39, 0.29) is 0 Å². The number of carbonyl (C=O) groups is 1. The Morgan fingerprint density at radius 2 is 2.14 bits per heavy atom. The molecule has 0 aromatic heterocycles. The molecule has 0 saturated carbocycles. The van der Waals surface area contributed by atoms with E-state index in [2.05, 4.69) is 26.1 Å². The Hall–Kier alpha value is -0.830. The molecule has 82 valence electrons. The van der Waals surface area contributed by atoms with E-state index in [0.717, 1.165) is 12.3 Å². The summed E-state index contributed by atoms with van der Waals surface area (Å²) in [4.78, 5) is 10.2. The Bertz CT molecular complexity index is 190. The van der Waals surface area contributed by atoms with Crippen molar-refractivity contribution < 1.29 is 9.90 Å². The fourth-order valence-electron chi connectivity index (χ4n) is 1.28. The highest BCUT2D eigenvalue weighted by Crippen LogP contribution is 2.08. The molecule has 3 heteroatoms. The van der Waals surface area contributed by atoms with E-state index >= 15 is 0 Å². The fraction of sp³-hybridized carbons (Fsp3) is 0.727. The second-order valence-corrected chi connectivity index (χ2v) is 3.80. The molecule has 0 bridgehead atoms. The molecule has 0 amide bonds. The molecule has 0 aliphatic heterocycles. The van der Waals surface area contributed by atoms with E-state index < -0.39 is 5.97 Å². The predicted octanol–water partition coefficient (Wildman–Crippen LogP) is 2.04. The van der Waals surface area contributed by atoms with Crippen LogP contribution in [0.25, 0.3) is 0 Å². The van der Waals surface area contributed by atoms with Crippen LogP contribution in [0, 0.1) is 5.92 Å². The summed E-state index contributed by atoms with van der Waals surface area (Å²) >= 11 is 0. The van der Waals surface area contributed by atoms with Crippen LogP contribution in [0.4, 0.5) is 0 Å². The van der Waals surface area contributed by atoms with Gasteiger partial charge in [-0.25, -0.2) is 4.79 Å². The van der Waals surface area contributed by atoms with E-state index in [1.54, 1.807) is 6.08 Å². The summed E-state index contributed by atoms with van der Waals surface area (Å²) < 4.78 is 0. The third-order valence-corrected chi connectivity index (χ3v) is 2.30. The molecule has 0 aliphatic rings. The first kappa shape index (κ1) is 13.2. The highest BCUT2D eigenvalue weighted by Gasteiger charge is 2.04. The van der Waals surface area contributed by atoms with Crippen molar-refractivity contribution >= 4 is 5.97 Å². The van der Waals surface area contributed by atoms with Crippen molar-refractivity contribution in [1.29, 1.82) is 0 Å². The zero-order valence-corrected chi connectivity index (χ0v) is 9.29. The monoisotopic (exact) mass is 199 g/mol. The Balaban J connectivity index is 3.53. The SMILES string of the molecule is CCC(C)CC(C)NC/C=C/C(=O)O. The van der Waals surface area contributed by atoms with Gasteiger partial charge in [-0.1, -0.05) is 26.3 Å². The second kappa shape index (κ2) is 7.56. The molecule has 0 spiro atoms. The van der Waals surface area contributed by atoms with Gasteiger partial charge in [-0.15, -0.1) is 0 Å². The van der Waals surface area contributed by atoms with Gasteiger partial charge in [0.1, 0.15) is 0 Å². The van der Waals surface area contributed by atoms with Gasteiger partial charge < -0.3 is 10.4 Å². The van der Waals surface area contributed by atoms with Gasteiger partial charge in [-0.2, -0.15) is 0 Å². The van der Waals surface area contributed by atoms with Crippen LogP contribution in [0.2, 0.25) is 0 Å². The minimum Gasteiger partial charge on any atom is -0.478 e. The number of aliphatic carboxylic acids is 1. The van der Waals surface area contributed by atoms with Crippen LogP contribution in [0.3, 0.4) is 0 Å². The lowest BCUT2D eigenvalue weighted by atomic mass is 10.0. The summed E-state index contributed by atoms with van der Waals surface area (Å²) in [5, 5.41) is 11.6. The first-order chi connectivity index (χ1) is 6.56. The Kier molecular flexibility index (Phi) is 7.11. The van der Waals surface area contributed by atoms with E-state index in [4.69, 9.17) is 5.11 Å². The van der Waals surface area contributed by atoms with Crippen molar-refractivity contribution in [2.45, 2.75) is 39.7 Å². The molecule has 14 heavy (non-hydrogen) atoms. The third-order valence-electron chi connectivity index (χ3n) is 2.30. The summed E-state index contributed by atoms with van der Waals surface area (Å²) in [5.41, 5.74) is 0. The third kappa shape index (κ3) is 7.80. The summed E-state index contributed by atoms with van der Waals surface area (Å²) in [6.45, 7) is 7.16. The molecule has 0 radical (unpaired) electrons. The lowest BCUT2D eigenvalue weighted by Crippen LogP contribution is -2.27. The Labute approximate surface area is 86.2 Å². The highest BCUT2D eigenvalue weighted by molar-refractivity contribution is 5.79. The topological polar surface area (TPSA) is 49.3 Å². The molecule has 0 rings (SSSR count). The minimum absolute atomic E-state index is 0.448. The van der Waals surface area contributed by atoms with Crippen molar-refractivity contribution in [2.75, 3.05) is 6.54 Å². The predicted molar refractivity (Wildman–Crippen MR) is 58.3 cm³/mol. The molecule has 2 N–H and O–H groups in total. The van der Waals surface area contributed by atoms with Crippen LogP contribution in [-0.2, 0) is 4.79 Å². The van der Waals surface area contributed by atoms with Crippen molar-refractivity contribution in [3.05, 3.63) is 12.2 Å². The second-order valence-electron chi connectivity index (χ2n) is 3.80.